The zero-order valence-electron chi connectivity index (χ0n) is 12.9. The summed E-state index contributed by atoms with van der Waals surface area (Å²) in [6.45, 7) is 0.792. The Kier molecular flexibility index (Phi) is 4.77. The third-order valence-corrected chi connectivity index (χ3v) is 5.09. The van der Waals surface area contributed by atoms with E-state index in [0.29, 0.717) is 0 Å². The van der Waals surface area contributed by atoms with E-state index in [2.05, 4.69) is 0 Å². The predicted molar refractivity (Wildman–Crippen MR) is 82.7 cm³/mol. The third kappa shape index (κ3) is 3.32. The van der Waals surface area contributed by atoms with Gasteiger partial charge in [0.05, 0.1) is 12.1 Å². The van der Waals surface area contributed by atoms with Gasteiger partial charge in [0.1, 0.15) is 5.82 Å². The number of benzene rings is 1. The molecule has 0 radical (unpaired) electrons. The first kappa shape index (κ1) is 15.5. The van der Waals surface area contributed by atoms with Gasteiger partial charge in [0.15, 0.2) is 0 Å². The number of carbonyl (C=O) groups is 1. The van der Waals surface area contributed by atoms with Gasteiger partial charge in [-0.3, -0.25) is 4.79 Å². The lowest BCUT2D eigenvalue weighted by molar-refractivity contribution is -0.141. The lowest BCUT2D eigenvalue weighted by Gasteiger charge is -2.39. The Labute approximate surface area is 131 Å². The lowest BCUT2D eigenvalue weighted by Crippen LogP contribution is -2.43. The van der Waals surface area contributed by atoms with Crippen LogP contribution in [0.1, 0.15) is 56.6 Å². The molecule has 1 aromatic rings. The Morgan fingerprint density at radius 3 is 2.41 bits per heavy atom. The van der Waals surface area contributed by atoms with Crippen molar-refractivity contribution in [2.24, 2.45) is 5.92 Å². The van der Waals surface area contributed by atoms with Crippen molar-refractivity contribution < 1.29 is 14.3 Å². The molecule has 1 amide bonds. The molecule has 1 aromatic carbocycles. The summed E-state index contributed by atoms with van der Waals surface area (Å²) in [6.07, 6.45) is 5.88. The molecule has 2 aliphatic rings. The number of likely N-dealkylation sites (tertiary alicyclic amines) is 1. The monoisotopic (exact) mass is 305 g/mol. The number of amides is 1. The molecule has 1 atom stereocenters. The van der Waals surface area contributed by atoms with Gasteiger partial charge in [0, 0.05) is 12.5 Å². The molecule has 120 valence electrons. The maximum Gasteiger partial charge on any atom is 0.226 e. The summed E-state index contributed by atoms with van der Waals surface area (Å²) in [5, 5.41) is 9.61. The lowest BCUT2D eigenvalue weighted by atomic mass is 9.85. The molecule has 1 aliphatic carbocycles. The van der Waals surface area contributed by atoms with E-state index in [1.165, 1.54) is 12.1 Å². The van der Waals surface area contributed by atoms with Crippen LogP contribution in [0.2, 0.25) is 0 Å². The maximum atomic E-state index is 13.1. The third-order valence-electron chi connectivity index (χ3n) is 5.09. The number of halogens is 1. The van der Waals surface area contributed by atoms with Crippen molar-refractivity contribution in [3.63, 3.8) is 0 Å². The summed E-state index contributed by atoms with van der Waals surface area (Å²) in [4.78, 5) is 14.9. The first-order valence-corrected chi connectivity index (χ1v) is 8.39. The Hall–Kier alpha value is -1.42. The van der Waals surface area contributed by atoms with Crippen molar-refractivity contribution in [3.8, 4) is 0 Å². The van der Waals surface area contributed by atoms with Crippen LogP contribution in [-0.2, 0) is 4.79 Å². The number of carbonyl (C=O) groups excluding carboxylic acids is 1. The van der Waals surface area contributed by atoms with Crippen molar-refractivity contribution in [1.82, 2.24) is 4.90 Å². The molecular weight excluding hydrogens is 281 g/mol. The van der Waals surface area contributed by atoms with Gasteiger partial charge in [-0.2, -0.15) is 0 Å². The molecule has 3 nitrogen and oxygen atoms in total. The van der Waals surface area contributed by atoms with E-state index in [1.54, 1.807) is 12.1 Å². The molecule has 1 saturated carbocycles. The Morgan fingerprint density at radius 2 is 1.73 bits per heavy atom. The van der Waals surface area contributed by atoms with Crippen molar-refractivity contribution in [1.29, 1.82) is 0 Å². The van der Waals surface area contributed by atoms with Crippen molar-refractivity contribution >= 4 is 5.91 Å². The zero-order valence-corrected chi connectivity index (χ0v) is 12.9. The van der Waals surface area contributed by atoms with E-state index in [1.807, 2.05) is 4.90 Å². The standard InChI is InChI=1S/C18H24FNO2/c19-15-8-4-13(5-9-15)17-3-1-2-12-20(17)18(22)14-6-10-16(21)11-7-14/h4-5,8-9,14,16-17,21H,1-3,6-7,10-12H2/t14?,16?,17-/m0/s1. The van der Waals surface area contributed by atoms with Crippen LogP contribution < -0.4 is 0 Å². The second-order valence-electron chi connectivity index (χ2n) is 6.60. The number of hydrogen-bond acceptors (Lipinski definition) is 2. The highest BCUT2D eigenvalue weighted by Gasteiger charge is 2.34. The van der Waals surface area contributed by atoms with Crippen LogP contribution in [0.25, 0.3) is 0 Å². The molecule has 1 saturated heterocycles. The van der Waals surface area contributed by atoms with Gasteiger partial charge in [-0.25, -0.2) is 4.39 Å². The molecule has 1 N–H and O–H groups in total. The number of hydrogen-bond donors (Lipinski definition) is 1. The van der Waals surface area contributed by atoms with Crippen LogP contribution >= 0.6 is 0 Å². The molecule has 2 fully saturated rings. The SMILES string of the molecule is O=C(C1CCC(O)CC1)N1CCCC[C@H]1c1ccc(F)cc1. The van der Waals surface area contributed by atoms with Crippen molar-refractivity contribution in [3.05, 3.63) is 35.6 Å². The average Bonchev–Trinajstić information content (AvgIpc) is 2.56. The second-order valence-corrected chi connectivity index (χ2v) is 6.60. The van der Waals surface area contributed by atoms with Gasteiger partial charge in [-0.15, -0.1) is 0 Å². The number of aliphatic hydroxyl groups excluding tert-OH is 1. The molecule has 4 heteroatoms. The minimum Gasteiger partial charge on any atom is -0.393 e. The van der Waals surface area contributed by atoms with Crippen LogP contribution in [0, 0.1) is 11.7 Å². The normalized spacial score (nSPS) is 29.4. The quantitative estimate of drug-likeness (QED) is 0.909. The highest BCUT2D eigenvalue weighted by atomic mass is 19.1. The largest absolute Gasteiger partial charge is 0.393 e. The second kappa shape index (κ2) is 6.78. The zero-order chi connectivity index (χ0) is 15.5. The summed E-state index contributed by atoms with van der Waals surface area (Å²) in [5.41, 5.74) is 1.03. The van der Waals surface area contributed by atoms with Gasteiger partial charge in [0.2, 0.25) is 5.91 Å². The van der Waals surface area contributed by atoms with Crippen LogP contribution in [-0.4, -0.2) is 28.6 Å². The number of rotatable bonds is 2. The molecule has 0 aromatic heterocycles. The van der Waals surface area contributed by atoms with Crippen LogP contribution in [0.15, 0.2) is 24.3 Å². The van der Waals surface area contributed by atoms with E-state index in [0.717, 1.165) is 57.1 Å². The Balaban J connectivity index is 1.74. The molecule has 3 rings (SSSR count). The summed E-state index contributed by atoms with van der Waals surface area (Å²) < 4.78 is 13.1. The molecular formula is C18H24FNO2. The Bertz CT molecular complexity index is 508. The van der Waals surface area contributed by atoms with E-state index in [-0.39, 0.29) is 29.8 Å². The predicted octanol–water partition coefficient (Wildman–Crippen LogP) is 3.43. The van der Waals surface area contributed by atoms with Gasteiger partial charge in [-0.05, 0) is 62.6 Å². The fourth-order valence-electron chi connectivity index (χ4n) is 3.78. The van der Waals surface area contributed by atoms with E-state index in [9.17, 15) is 14.3 Å². The summed E-state index contributed by atoms with van der Waals surface area (Å²) >= 11 is 0. The number of aliphatic hydroxyl groups is 1. The molecule has 0 unspecified atom stereocenters. The summed E-state index contributed by atoms with van der Waals surface area (Å²) in [5.74, 6) is 0.0316. The first-order valence-electron chi connectivity index (χ1n) is 8.39. The smallest absolute Gasteiger partial charge is 0.226 e. The number of piperidine rings is 1. The van der Waals surface area contributed by atoms with E-state index >= 15 is 0 Å². The van der Waals surface area contributed by atoms with Crippen LogP contribution in [0.4, 0.5) is 4.39 Å². The van der Waals surface area contributed by atoms with E-state index < -0.39 is 0 Å². The molecule has 22 heavy (non-hydrogen) atoms. The minimum atomic E-state index is -0.238. The molecule has 1 aliphatic heterocycles. The van der Waals surface area contributed by atoms with Crippen LogP contribution in [0.3, 0.4) is 0 Å². The number of nitrogens with zero attached hydrogens (tertiary/aromatic N) is 1. The van der Waals surface area contributed by atoms with Gasteiger partial charge >= 0.3 is 0 Å². The summed E-state index contributed by atoms with van der Waals surface area (Å²) in [7, 11) is 0. The average molecular weight is 305 g/mol. The highest BCUT2D eigenvalue weighted by molar-refractivity contribution is 5.79. The first-order chi connectivity index (χ1) is 10.6. The highest BCUT2D eigenvalue weighted by Crippen LogP contribution is 2.35. The van der Waals surface area contributed by atoms with Crippen molar-refractivity contribution in [2.75, 3.05) is 6.54 Å². The topological polar surface area (TPSA) is 40.5 Å². The van der Waals surface area contributed by atoms with Gasteiger partial charge < -0.3 is 10.0 Å². The summed E-state index contributed by atoms with van der Waals surface area (Å²) in [6, 6.07) is 6.63. The Morgan fingerprint density at radius 1 is 1.05 bits per heavy atom. The van der Waals surface area contributed by atoms with Crippen molar-refractivity contribution in [2.45, 2.75) is 57.1 Å². The fraction of sp³-hybridized carbons (Fsp3) is 0.611. The maximum absolute atomic E-state index is 13.1. The van der Waals surface area contributed by atoms with E-state index in [4.69, 9.17) is 0 Å². The minimum absolute atomic E-state index is 0.0458. The molecule has 0 spiro atoms. The van der Waals surface area contributed by atoms with Gasteiger partial charge in [-0.1, -0.05) is 12.1 Å². The van der Waals surface area contributed by atoms with Gasteiger partial charge in [0.25, 0.3) is 0 Å². The fourth-order valence-corrected chi connectivity index (χ4v) is 3.78. The van der Waals surface area contributed by atoms with Crippen LogP contribution in [0.5, 0.6) is 0 Å². The molecule has 1 heterocycles. The molecule has 0 bridgehead atoms.